The highest BCUT2D eigenvalue weighted by Gasteiger charge is 2.00. The van der Waals surface area contributed by atoms with Crippen LogP contribution in [0.15, 0.2) is 0 Å². The largest absolute Gasteiger partial charge is 0.302 e. The topological polar surface area (TPSA) is 3.24 Å². The highest BCUT2D eigenvalue weighted by atomic mass is 35.5. The summed E-state index contributed by atoms with van der Waals surface area (Å²) in [6, 6.07) is 0. The van der Waals surface area contributed by atoms with Crippen molar-refractivity contribution in [3.8, 4) is 0 Å². The number of alkyl halides is 2. The minimum atomic E-state index is -0.220. The Kier molecular flexibility index (Phi) is 8.41. The molecule has 0 unspecified atom stereocenters. The summed E-state index contributed by atoms with van der Waals surface area (Å²) in [7, 11) is 0. The second kappa shape index (κ2) is 8.28. The summed E-state index contributed by atoms with van der Waals surface area (Å²) in [5, 5.41) is 0. The first-order valence-corrected chi connectivity index (χ1v) is 4.72. The minimum absolute atomic E-state index is 0.220. The van der Waals surface area contributed by atoms with Crippen LogP contribution in [0.25, 0.3) is 0 Å². The first kappa shape index (κ1) is 11.2. The van der Waals surface area contributed by atoms with Crippen molar-refractivity contribution >= 4 is 11.6 Å². The molecule has 0 aromatic heterocycles. The van der Waals surface area contributed by atoms with Gasteiger partial charge in [-0.05, 0) is 19.4 Å². The van der Waals surface area contributed by atoms with Crippen LogP contribution in [0, 0.1) is 0 Å². The summed E-state index contributed by atoms with van der Waals surface area (Å²) in [5.74, 6) is 0.645. The van der Waals surface area contributed by atoms with Crippen LogP contribution < -0.4 is 0 Å². The molecule has 0 aromatic rings. The van der Waals surface area contributed by atoms with E-state index < -0.39 is 0 Å². The van der Waals surface area contributed by atoms with Gasteiger partial charge in [-0.2, -0.15) is 0 Å². The lowest BCUT2D eigenvalue weighted by atomic mass is 10.3. The maximum Gasteiger partial charge on any atom is 0.0906 e. The van der Waals surface area contributed by atoms with Crippen LogP contribution in [-0.2, 0) is 0 Å². The van der Waals surface area contributed by atoms with Gasteiger partial charge < -0.3 is 4.90 Å². The van der Waals surface area contributed by atoms with Crippen LogP contribution >= 0.6 is 11.6 Å². The lowest BCUT2D eigenvalue weighted by molar-refractivity contribution is 0.273. The van der Waals surface area contributed by atoms with E-state index in [-0.39, 0.29) is 6.67 Å². The van der Waals surface area contributed by atoms with Gasteiger partial charge in [0.05, 0.1) is 6.67 Å². The molecule has 3 heteroatoms. The van der Waals surface area contributed by atoms with Gasteiger partial charge >= 0.3 is 0 Å². The monoisotopic (exact) mass is 181 g/mol. The van der Waals surface area contributed by atoms with Crippen molar-refractivity contribution in [2.24, 2.45) is 0 Å². The van der Waals surface area contributed by atoms with Crippen molar-refractivity contribution in [3.63, 3.8) is 0 Å². The number of rotatable bonds is 7. The number of hydrogen-bond donors (Lipinski definition) is 0. The molecular weight excluding hydrogens is 165 g/mol. The molecule has 0 aromatic carbocycles. The van der Waals surface area contributed by atoms with Gasteiger partial charge in [0.15, 0.2) is 0 Å². The summed E-state index contributed by atoms with van der Waals surface area (Å²) in [4.78, 5) is 2.20. The van der Waals surface area contributed by atoms with Crippen molar-refractivity contribution in [1.29, 1.82) is 0 Å². The van der Waals surface area contributed by atoms with Gasteiger partial charge in [-0.25, -0.2) is 0 Å². The summed E-state index contributed by atoms with van der Waals surface area (Å²) in [6.45, 7) is 4.67. The van der Waals surface area contributed by atoms with Crippen LogP contribution in [0.5, 0.6) is 0 Å². The quantitative estimate of drug-likeness (QED) is 0.545. The molecule has 0 aliphatic carbocycles. The van der Waals surface area contributed by atoms with Gasteiger partial charge in [0, 0.05) is 19.0 Å². The van der Waals surface area contributed by atoms with E-state index in [1.165, 1.54) is 0 Å². The Balaban J connectivity index is 3.34. The Morgan fingerprint density at radius 3 is 2.45 bits per heavy atom. The normalized spacial score (nSPS) is 10.9. The number of nitrogens with zero attached hydrogens (tertiary/aromatic N) is 1. The van der Waals surface area contributed by atoms with Gasteiger partial charge in [-0.3, -0.25) is 4.39 Å². The molecule has 0 amide bonds. The highest BCUT2D eigenvalue weighted by molar-refractivity contribution is 6.18. The predicted molar refractivity (Wildman–Crippen MR) is 48.0 cm³/mol. The van der Waals surface area contributed by atoms with Gasteiger partial charge in [0.25, 0.3) is 0 Å². The molecule has 0 radical (unpaired) electrons. The Labute approximate surface area is 73.5 Å². The maximum absolute atomic E-state index is 11.8. The van der Waals surface area contributed by atoms with E-state index in [0.717, 1.165) is 26.1 Å². The van der Waals surface area contributed by atoms with Crippen LogP contribution in [0.4, 0.5) is 4.39 Å². The molecule has 0 rings (SSSR count). The standard InChI is InChI=1S/C8H17ClFN/c1-2-6-11(8-4-9)7-3-5-10/h2-8H2,1H3. The molecule has 0 saturated heterocycles. The zero-order chi connectivity index (χ0) is 8.53. The molecule has 0 aliphatic rings. The van der Waals surface area contributed by atoms with Gasteiger partial charge in [0.1, 0.15) is 0 Å². The fourth-order valence-electron chi connectivity index (χ4n) is 1.05. The molecule has 0 aliphatic heterocycles. The molecule has 1 nitrogen and oxygen atoms in total. The second-order valence-corrected chi connectivity index (χ2v) is 2.95. The van der Waals surface area contributed by atoms with Gasteiger partial charge in [-0.15, -0.1) is 11.6 Å². The van der Waals surface area contributed by atoms with Crippen molar-refractivity contribution in [2.75, 3.05) is 32.2 Å². The van der Waals surface area contributed by atoms with E-state index in [4.69, 9.17) is 11.6 Å². The lowest BCUT2D eigenvalue weighted by Gasteiger charge is -2.19. The van der Waals surface area contributed by atoms with Crippen molar-refractivity contribution in [2.45, 2.75) is 19.8 Å². The molecule has 68 valence electrons. The second-order valence-electron chi connectivity index (χ2n) is 2.57. The lowest BCUT2D eigenvalue weighted by Crippen LogP contribution is -2.28. The molecule has 0 fully saturated rings. The fraction of sp³-hybridized carbons (Fsp3) is 1.00. The summed E-state index contributed by atoms with van der Waals surface area (Å²) in [6.07, 6.45) is 1.75. The van der Waals surface area contributed by atoms with E-state index >= 15 is 0 Å². The van der Waals surface area contributed by atoms with E-state index in [0.29, 0.717) is 12.3 Å². The smallest absolute Gasteiger partial charge is 0.0906 e. The molecule has 0 saturated carbocycles. The molecule has 0 heterocycles. The van der Waals surface area contributed by atoms with Gasteiger partial charge in [-0.1, -0.05) is 6.92 Å². The Hall–Kier alpha value is 0.180. The van der Waals surface area contributed by atoms with Crippen LogP contribution in [0.3, 0.4) is 0 Å². The number of hydrogen-bond acceptors (Lipinski definition) is 1. The molecule has 0 atom stereocenters. The average Bonchev–Trinajstić information content (AvgIpc) is 2.01. The van der Waals surface area contributed by atoms with Crippen molar-refractivity contribution in [3.05, 3.63) is 0 Å². The van der Waals surface area contributed by atoms with Crippen molar-refractivity contribution < 1.29 is 4.39 Å². The Bertz CT molecular complexity index is 74.5. The van der Waals surface area contributed by atoms with E-state index in [1.54, 1.807) is 0 Å². The summed E-state index contributed by atoms with van der Waals surface area (Å²) < 4.78 is 11.8. The van der Waals surface area contributed by atoms with Gasteiger partial charge in [0.2, 0.25) is 0 Å². The molecule has 11 heavy (non-hydrogen) atoms. The molecule has 0 spiro atoms. The zero-order valence-electron chi connectivity index (χ0n) is 7.15. The molecular formula is C8H17ClFN. The van der Waals surface area contributed by atoms with E-state index in [2.05, 4.69) is 11.8 Å². The van der Waals surface area contributed by atoms with Crippen molar-refractivity contribution in [1.82, 2.24) is 4.90 Å². The van der Waals surface area contributed by atoms with Crippen LogP contribution in [0.1, 0.15) is 19.8 Å². The number of halogens is 2. The average molecular weight is 182 g/mol. The van der Waals surface area contributed by atoms with E-state index in [1.807, 2.05) is 0 Å². The first-order valence-electron chi connectivity index (χ1n) is 4.19. The first-order chi connectivity index (χ1) is 5.35. The third-order valence-corrected chi connectivity index (χ3v) is 1.72. The molecule has 0 bridgehead atoms. The third kappa shape index (κ3) is 6.57. The Morgan fingerprint density at radius 1 is 1.27 bits per heavy atom. The summed E-state index contributed by atoms with van der Waals surface area (Å²) >= 11 is 5.58. The minimum Gasteiger partial charge on any atom is -0.302 e. The van der Waals surface area contributed by atoms with Crippen LogP contribution in [0.2, 0.25) is 0 Å². The highest BCUT2D eigenvalue weighted by Crippen LogP contribution is 1.95. The third-order valence-electron chi connectivity index (χ3n) is 1.55. The summed E-state index contributed by atoms with van der Waals surface area (Å²) in [5.41, 5.74) is 0. The van der Waals surface area contributed by atoms with Crippen LogP contribution in [-0.4, -0.2) is 37.1 Å². The predicted octanol–water partition coefficient (Wildman–Crippen LogP) is 2.30. The molecule has 0 N–H and O–H groups in total. The maximum atomic E-state index is 11.8. The Morgan fingerprint density at radius 2 is 2.00 bits per heavy atom. The fourth-order valence-corrected chi connectivity index (χ4v) is 1.29. The van der Waals surface area contributed by atoms with E-state index in [9.17, 15) is 4.39 Å². The zero-order valence-corrected chi connectivity index (χ0v) is 7.91. The SMILES string of the molecule is CCCN(CCCl)CCCF.